The van der Waals surface area contributed by atoms with Gasteiger partial charge in [0.15, 0.2) is 11.0 Å². The van der Waals surface area contributed by atoms with Crippen LogP contribution in [0.15, 0.2) is 39.6 Å². The van der Waals surface area contributed by atoms with E-state index >= 15 is 0 Å². The predicted molar refractivity (Wildman–Crippen MR) is 86.9 cm³/mol. The summed E-state index contributed by atoms with van der Waals surface area (Å²) < 4.78 is 13.2. The lowest BCUT2D eigenvalue weighted by Gasteiger charge is -2.03. The van der Waals surface area contributed by atoms with Gasteiger partial charge in [0.05, 0.1) is 14.2 Å². The van der Waals surface area contributed by atoms with E-state index in [1.165, 1.54) is 0 Å². The minimum Gasteiger partial charge on any atom is -0.480 e. The number of ether oxygens (including phenoxy) is 2. The summed E-state index contributed by atoms with van der Waals surface area (Å²) in [6.07, 6.45) is 0. The van der Waals surface area contributed by atoms with Gasteiger partial charge in [-0.3, -0.25) is 5.43 Å². The summed E-state index contributed by atoms with van der Waals surface area (Å²) >= 11 is 0. The fourth-order valence-electron chi connectivity index (χ4n) is 1.68. The van der Waals surface area contributed by atoms with Gasteiger partial charge in [-0.25, -0.2) is 9.36 Å². The van der Waals surface area contributed by atoms with Gasteiger partial charge in [-0.1, -0.05) is 0 Å². The topological polar surface area (TPSA) is 103 Å². The first-order valence-electron chi connectivity index (χ1n) is 7.08. The largest absolute Gasteiger partial charge is 0.480 e. The summed E-state index contributed by atoms with van der Waals surface area (Å²) in [5.74, 6) is 1.53. The van der Waals surface area contributed by atoms with E-state index in [0.29, 0.717) is 28.6 Å². The third-order valence-corrected chi connectivity index (χ3v) is 2.96. The Morgan fingerprint density at radius 2 is 1.50 bits per heavy atom. The van der Waals surface area contributed by atoms with Crippen LogP contribution in [0.3, 0.4) is 0 Å². The monoisotopic (exact) mass is 332 g/mol. The number of rotatable bonds is 4. The molecule has 0 atom stereocenters. The molecule has 2 aromatic heterocycles. The van der Waals surface area contributed by atoms with Gasteiger partial charge in [0.2, 0.25) is 11.8 Å². The SMILES string of the molecule is COc1ccc(=NN=C(C)NN=c2ccc(OC)nn2C)n(C)n1. The van der Waals surface area contributed by atoms with Crippen molar-refractivity contribution < 1.29 is 9.47 Å². The van der Waals surface area contributed by atoms with Gasteiger partial charge in [0.1, 0.15) is 5.84 Å². The zero-order chi connectivity index (χ0) is 17.5. The van der Waals surface area contributed by atoms with Crippen molar-refractivity contribution in [2.24, 2.45) is 29.4 Å². The van der Waals surface area contributed by atoms with Crippen LogP contribution in [0, 0.1) is 0 Å². The fourth-order valence-corrected chi connectivity index (χ4v) is 1.68. The highest BCUT2D eigenvalue weighted by atomic mass is 16.5. The number of nitrogens with zero attached hydrogens (tertiary/aromatic N) is 7. The molecule has 2 aromatic rings. The lowest BCUT2D eigenvalue weighted by Crippen LogP contribution is -2.26. The molecule has 10 heteroatoms. The van der Waals surface area contributed by atoms with Crippen LogP contribution in [0.5, 0.6) is 11.8 Å². The first kappa shape index (κ1) is 17.2. The molecule has 0 saturated heterocycles. The van der Waals surface area contributed by atoms with Crippen LogP contribution < -0.4 is 25.9 Å². The Kier molecular flexibility index (Phi) is 5.66. The van der Waals surface area contributed by atoms with Crippen LogP contribution in [0.25, 0.3) is 0 Å². The molecule has 0 unspecified atom stereocenters. The van der Waals surface area contributed by atoms with Crippen molar-refractivity contribution in [2.75, 3.05) is 14.2 Å². The molecule has 0 radical (unpaired) electrons. The molecule has 0 aliphatic carbocycles. The molecule has 0 aliphatic rings. The molecule has 24 heavy (non-hydrogen) atoms. The van der Waals surface area contributed by atoms with Crippen molar-refractivity contribution in [1.29, 1.82) is 0 Å². The first-order valence-corrected chi connectivity index (χ1v) is 7.08. The van der Waals surface area contributed by atoms with Crippen LogP contribution in [0.1, 0.15) is 6.92 Å². The third-order valence-electron chi connectivity index (χ3n) is 2.96. The Balaban J connectivity index is 2.17. The van der Waals surface area contributed by atoms with Crippen LogP contribution in [-0.4, -0.2) is 39.6 Å². The second kappa shape index (κ2) is 7.90. The Morgan fingerprint density at radius 1 is 0.958 bits per heavy atom. The zero-order valence-electron chi connectivity index (χ0n) is 14.3. The number of hydrogen-bond acceptors (Lipinski definition) is 7. The summed E-state index contributed by atoms with van der Waals surface area (Å²) in [5, 5.41) is 20.7. The number of aromatic nitrogens is 4. The van der Waals surface area contributed by atoms with Gasteiger partial charge in [-0.2, -0.15) is 5.10 Å². The average molecular weight is 332 g/mol. The standard InChI is InChI=1S/C14H20N8O2/c1-10(15-17-11-6-8-13(23-4)19-21(11)2)16-18-12-7-9-14(24-5)20-22(12)3/h6-9H,1-5H3,(H,15,16). The van der Waals surface area contributed by atoms with E-state index in [0.717, 1.165) is 0 Å². The van der Waals surface area contributed by atoms with Crippen molar-refractivity contribution in [1.82, 2.24) is 25.0 Å². The number of methoxy groups -OCH3 is 2. The van der Waals surface area contributed by atoms with Crippen molar-refractivity contribution in [3.8, 4) is 11.8 Å². The normalized spacial score (nSPS) is 13.1. The molecule has 0 aromatic carbocycles. The number of amidine groups is 1. The molecule has 0 spiro atoms. The van der Waals surface area contributed by atoms with Crippen molar-refractivity contribution >= 4 is 5.84 Å². The Labute approximate surface area is 138 Å². The highest BCUT2D eigenvalue weighted by molar-refractivity contribution is 5.78. The Morgan fingerprint density at radius 3 is 2.00 bits per heavy atom. The van der Waals surface area contributed by atoms with E-state index in [1.807, 2.05) is 0 Å². The summed E-state index contributed by atoms with van der Waals surface area (Å²) in [6.45, 7) is 1.75. The van der Waals surface area contributed by atoms with Crippen LogP contribution in [-0.2, 0) is 14.1 Å². The number of hydrogen-bond donors (Lipinski definition) is 1. The minimum atomic E-state index is 0.504. The summed E-state index contributed by atoms with van der Waals surface area (Å²) in [7, 11) is 6.64. The fraction of sp³-hybridized carbons (Fsp3) is 0.357. The van der Waals surface area contributed by atoms with E-state index < -0.39 is 0 Å². The van der Waals surface area contributed by atoms with Crippen LogP contribution in [0.4, 0.5) is 0 Å². The zero-order valence-corrected chi connectivity index (χ0v) is 14.3. The van der Waals surface area contributed by atoms with E-state index in [2.05, 4.69) is 30.9 Å². The summed E-state index contributed by atoms with van der Waals surface area (Å²) in [6, 6.07) is 6.97. The second-order valence-corrected chi connectivity index (χ2v) is 4.72. The lowest BCUT2D eigenvalue weighted by atomic mass is 10.5. The maximum Gasteiger partial charge on any atom is 0.231 e. The molecule has 10 nitrogen and oxygen atoms in total. The van der Waals surface area contributed by atoms with Crippen molar-refractivity contribution in [3.63, 3.8) is 0 Å². The highest BCUT2D eigenvalue weighted by Gasteiger charge is 1.96. The maximum atomic E-state index is 5.04. The molecular weight excluding hydrogens is 312 g/mol. The lowest BCUT2D eigenvalue weighted by molar-refractivity contribution is 0.381. The minimum absolute atomic E-state index is 0.504. The molecule has 2 rings (SSSR count). The van der Waals surface area contributed by atoms with E-state index in [-0.39, 0.29) is 0 Å². The van der Waals surface area contributed by atoms with E-state index in [9.17, 15) is 0 Å². The molecule has 128 valence electrons. The quantitative estimate of drug-likeness (QED) is 0.462. The molecule has 1 N–H and O–H groups in total. The van der Waals surface area contributed by atoms with Crippen LogP contribution in [0.2, 0.25) is 0 Å². The van der Waals surface area contributed by atoms with Gasteiger partial charge in [0, 0.05) is 26.2 Å². The Bertz CT molecular complexity index is 866. The Hall–Kier alpha value is -3.17. The van der Waals surface area contributed by atoms with Crippen molar-refractivity contribution in [3.05, 3.63) is 35.2 Å². The molecule has 0 aliphatic heterocycles. The molecule has 0 saturated carbocycles. The van der Waals surface area contributed by atoms with Crippen LogP contribution >= 0.6 is 0 Å². The van der Waals surface area contributed by atoms with E-state index in [1.54, 1.807) is 68.9 Å². The van der Waals surface area contributed by atoms with Crippen molar-refractivity contribution in [2.45, 2.75) is 6.92 Å². The summed E-state index contributed by atoms with van der Waals surface area (Å²) in [4.78, 5) is 0. The van der Waals surface area contributed by atoms with Gasteiger partial charge >= 0.3 is 0 Å². The van der Waals surface area contributed by atoms with Gasteiger partial charge in [-0.05, 0) is 19.1 Å². The highest BCUT2D eigenvalue weighted by Crippen LogP contribution is 1.98. The van der Waals surface area contributed by atoms with Gasteiger partial charge < -0.3 is 9.47 Å². The molecule has 0 fully saturated rings. The smallest absolute Gasteiger partial charge is 0.231 e. The third kappa shape index (κ3) is 4.41. The molecule has 0 amide bonds. The molecular formula is C14H20N8O2. The predicted octanol–water partition coefficient (Wildman–Crippen LogP) is -0.490. The first-order chi connectivity index (χ1) is 11.5. The average Bonchev–Trinajstić information content (AvgIpc) is 2.59. The molecule has 2 heterocycles. The summed E-state index contributed by atoms with van der Waals surface area (Å²) in [5.41, 5.74) is 4.01. The number of aryl methyl sites for hydroxylation is 2. The van der Waals surface area contributed by atoms with Gasteiger partial charge in [-0.15, -0.1) is 20.4 Å². The van der Waals surface area contributed by atoms with E-state index in [4.69, 9.17) is 9.47 Å². The van der Waals surface area contributed by atoms with Gasteiger partial charge in [0.25, 0.3) is 0 Å². The maximum absolute atomic E-state index is 5.04. The number of nitrogens with one attached hydrogen (secondary N) is 1. The second-order valence-electron chi connectivity index (χ2n) is 4.72. The molecule has 0 bridgehead atoms.